The molecule has 1 unspecified atom stereocenters. The monoisotopic (exact) mass is 318 g/mol. The number of hydrogen-bond acceptors (Lipinski definition) is 5. The van der Waals surface area contributed by atoms with Crippen LogP contribution in [0.15, 0.2) is 12.4 Å². The van der Waals surface area contributed by atoms with Crippen molar-refractivity contribution >= 4 is 11.7 Å². The summed E-state index contributed by atoms with van der Waals surface area (Å²) in [4.78, 5) is 25.1. The molecule has 1 aromatic rings. The van der Waals surface area contributed by atoms with Crippen LogP contribution in [0, 0.1) is 6.92 Å². The van der Waals surface area contributed by atoms with E-state index in [0.29, 0.717) is 12.5 Å². The Morgan fingerprint density at radius 2 is 2.13 bits per heavy atom. The lowest BCUT2D eigenvalue weighted by atomic mass is 10.0. The smallest absolute Gasteiger partial charge is 0.225 e. The van der Waals surface area contributed by atoms with E-state index >= 15 is 0 Å². The van der Waals surface area contributed by atoms with Gasteiger partial charge in [0.05, 0.1) is 12.5 Å². The average Bonchev–Trinajstić information content (AvgIpc) is 3.07. The van der Waals surface area contributed by atoms with E-state index in [-0.39, 0.29) is 12.0 Å². The highest BCUT2D eigenvalue weighted by atomic mass is 16.5. The maximum Gasteiger partial charge on any atom is 0.225 e. The van der Waals surface area contributed by atoms with Crippen LogP contribution in [0.4, 0.5) is 5.82 Å². The molecule has 0 saturated carbocycles. The highest BCUT2D eigenvalue weighted by molar-refractivity contribution is 5.76. The van der Waals surface area contributed by atoms with Gasteiger partial charge in [-0.3, -0.25) is 4.79 Å². The van der Waals surface area contributed by atoms with Crippen LogP contribution >= 0.6 is 0 Å². The largest absolute Gasteiger partial charge is 0.378 e. The normalized spacial score (nSPS) is 22.3. The predicted molar refractivity (Wildman–Crippen MR) is 88.4 cm³/mol. The minimum atomic E-state index is 0.145. The van der Waals surface area contributed by atoms with Gasteiger partial charge in [-0.1, -0.05) is 0 Å². The van der Waals surface area contributed by atoms with Crippen LogP contribution < -0.4 is 4.90 Å². The van der Waals surface area contributed by atoms with Gasteiger partial charge >= 0.3 is 0 Å². The number of hydrogen-bond donors (Lipinski definition) is 0. The lowest BCUT2D eigenvalue weighted by Crippen LogP contribution is -2.46. The van der Waals surface area contributed by atoms with Crippen LogP contribution in [-0.2, 0) is 9.53 Å². The van der Waals surface area contributed by atoms with Gasteiger partial charge in [-0.05, 0) is 32.6 Å². The summed E-state index contributed by atoms with van der Waals surface area (Å²) in [7, 11) is 2.08. The van der Waals surface area contributed by atoms with Gasteiger partial charge in [0, 0.05) is 44.5 Å². The van der Waals surface area contributed by atoms with Crippen molar-refractivity contribution in [2.75, 3.05) is 31.6 Å². The summed E-state index contributed by atoms with van der Waals surface area (Å²) in [6.07, 6.45) is 6.38. The number of ether oxygens (including phenoxy) is 1. The summed E-state index contributed by atoms with van der Waals surface area (Å²) < 4.78 is 5.57. The zero-order chi connectivity index (χ0) is 16.2. The van der Waals surface area contributed by atoms with Crippen LogP contribution in [0.5, 0.6) is 0 Å². The molecule has 1 amide bonds. The number of likely N-dealkylation sites (tertiary alicyclic amines) is 1. The fourth-order valence-corrected chi connectivity index (χ4v) is 3.45. The molecule has 0 N–H and O–H groups in total. The zero-order valence-corrected chi connectivity index (χ0v) is 14.1. The first-order valence-electron chi connectivity index (χ1n) is 8.54. The molecule has 1 aromatic heterocycles. The fraction of sp³-hybridized carbons (Fsp3) is 0.706. The second kappa shape index (κ2) is 7.25. The molecule has 126 valence electrons. The maximum absolute atomic E-state index is 12.4. The van der Waals surface area contributed by atoms with Crippen molar-refractivity contribution in [1.29, 1.82) is 0 Å². The summed E-state index contributed by atoms with van der Waals surface area (Å²) in [5.41, 5.74) is 0.978. The summed E-state index contributed by atoms with van der Waals surface area (Å²) in [6.45, 7) is 4.43. The van der Waals surface area contributed by atoms with E-state index in [4.69, 9.17) is 4.74 Å². The van der Waals surface area contributed by atoms with Crippen molar-refractivity contribution in [2.24, 2.45) is 0 Å². The van der Waals surface area contributed by atoms with Gasteiger partial charge in [0.1, 0.15) is 12.1 Å². The standard InChI is InChI=1S/C17H26N4O2/c1-13-10-16(19-12-18-13)20(2)14-5-7-21(8-6-14)17(22)11-15-4-3-9-23-15/h10,12,14-15H,3-9,11H2,1-2H3. The molecule has 6 nitrogen and oxygen atoms in total. The lowest BCUT2D eigenvalue weighted by molar-refractivity contribution is -0.134. The number of aromatic nitrogens is 2. The summed E-state index contributed by atoms with van der Waals surface area (Å²) >= 11 is 0. The molecule has 0 spiro atoms. The van der Waals surface area contributed by atoms with Crippen molar-refractivity contribution in [1.82, 2.24) is 14.9 Å². The van der Waals surface area contributed by atoms with E-state index in [2.05, 4.69) is 21.9 Å². The zero-order valence-electron chi connectivity index (χ0n) is 14.1. The topological polar surface area (TPSA) is 58.6 Å². The van der Waals surface area contributed by atoms with Gasteiger partial charge in [-0.15, -0.1) is 0 Å². The fourth-order valence-electron chi connectivity index (χ4n) is 3.45. The Balaban J connectivity index is 1.50. The molecule has 0 aromatic carbocycles. The molecule has 3 heterocycles. The minimum Gasteiger partial charge on any atom is -0.378 e. The van der Waals surface area contributed by atoms with E-state index in [1.165, 1.54) is 0 Å². The van der Waals surface area contributed by atoms with Crippen LogP contribution in [-0.4, -0.2) is 59.7 Å². The summed E-state index contributed by atoms with van der Waals surface area (Å²) in [5.74, 6) is 1.21. The second-order valence-corrected chi connectivity index (χ2v) is 6.58. The van der Waals surface area contributed by atoms with E-state index in [1.54, 1.807) is 6.33 Å². The summed E-state index contributed by atoms with van der Waals surface area (Å²) in [6, 6.07) is 2.44. The molecule has 0 radical (unpaired) electrons. The Hall–Kier alpha value is -1.69. The highest BCUT2D eigenvalue weighted by Crippen LogP contribution is 2.22. The summed E-state index contributed by atoms with van der Waals surface area (Å²) in [5, 5.41) is 0. The molecule has 6 heteroatoms. The molecular weight excluding hydrogens is 292 g/mol. The first-order chi connectivity index (χ1) is 11.1. The van der Waals surface area contributed by atoms with Gasteiger partial charge in [-0.2, -0.15) is 0 Å². The van der Waals surface area contributed by atoms with Crippen molar-refractivity contribution < 1.29 is 9.53 Å². The third-order valence-electron chi connectivity index (χ3n) is 4.94. The molecule has 2 saturated heterocycles. The first-order valence-corrected chi connectivity index (χ1v) is 8.54. The van der Waals surface area contributed by atoms with E-state index < -0.39 is 0 Å². The molecule has 2 fully saturated rings. The van der Waals surface area contributed by atoms with Crippen molar-refractivity contribution in [3.8, 4) is 0 Å². The van der Waals surface area contributed by atoms with Gasteiger partial charge in [-0.25, -0.2) is 9.97 Å². The Morgan fingerprint density at radius 1 is 1.35 bits per heavy atom. The number of piperidine rings is 1. The first kappa shape index (κ1) is 16.2. The van der Waals surface area contributed by atoms with Gasteiger partial charge in [0.15, 0.2) is 0 Å². The van der Waals surface area contributed by atoms with Crippen molar-refractivity contribution in [2.45, 2.75) is 51.2 Å². The second-order valence-electron chi connectivity index (χ2n) is 6.58. The third kappa shape index (κ3) is 3.99. The maximum atomic E-state index is 12.4. The average molecular weight is 318 g/mol. The molecule has 2 aliphatic rings. The molecule has 1 atom stereocenters. The Labute approximate surface area is 137 Å². The number of carbonyl (C=O) groups is 1. The van der Waals surface area contributed by atoms with Crippen molar-refractivity contribution in [3.05, 3.63) is 18.1 Å². The number of nitrogens with zero attached hydrogens (tertiary/aromatic N) is 4. The van der Waals surface area contributed by atoms with Gasteiger partial charge in [0.25, 0.3) is 0 Å². The van der Waals surface area contributed by atoms with Crippen LogP contribution in [0.2, 0.25) is 0 Å². The van der Waals surface area contributed by atoms with Crippen molar-refractivity contribution in [3.63, 3.8) is 0 Å². The van der Waals surface area contributed by atoms with E-state index in [1.807, 2.05) is 17.9 Å². The lowest BCUT2D eigenvalue weighted by Gasteiger charge is -2.37. The minimum absolute atomic E-state index is 0.145. The Bertz CT molecular complexity index is 537. The Morgan fingerprint density at radius 3 is 2.78 bits per heavy atom. The Kier molecular flexibility index (Phi) is 5.10. The molecular formula is C17H26N4O2. The SMILES string of the molecule is Cc1cc(N(C)C2CCN(C(=O)CC3CCCO3)CC2)ncn1. The van der Waals surface area contributed by atoms with Gasteiger partial charge < -0.3 is 14.5 Å². The highest BCUT2D eigenvalue weighted by Gasteiger charge is 2.28. The quantitative estimate of drug-likeness (QED) is 0.847. The molecule has 23 heavy (non-hydrogen) atoms. The van der Waals surface area contributed by atoms with Crippen LogP contribution in [0.1, 0.15) is 37.8 Å². The number of amides is 1. The number of rotatable bonds is 4. The van der Waals surface area contributed by atoms with E-state index in [0.717, 1.165) is 56.9 Å². The van der Waals surface area contributed by atoms with Crippen LogP contribution in [0.3, 0.4) is 0 Å². The predicted octanol–water partition coefficient (Wildman–Crippen LogP) is 1.78. The number of aryl methyl sites for hydroxylation is 1. The van der Waals surface area contributed by atoms with E-state index in [9.17, 15) is 4.79 Å². The molecule has 3 rings (SSSR count). The van der Waals surface area contributed by atoms with Gasteiger partial charge in [0.2, 0.25) is 5.91 Å². The van der Waals surface area contributed by atoms with Crippen LogP contribution in [0.25, 0.3) is 0 Å². The molecule has 0 aliphatic carbocycles. The molecule has 2 aliphatic heterocycles. The number of anilines is 1. The third-order valence-corrected chi connectivity index (χ3v) is 4.94. The molecule has 0 bridgehead atoms. The number of carbonyl (C=O) groups excluding carboxylic acids is 1.